The van der Waals surface area contributed by atoms with Crippen molar-refractivity contribution in [1.82, 2.24) is 0 Å². The standard InChI is InChI=1S/C33H35N3O3/c1-20-14-21(2)29(22(3)15-20)27-18-24(26(19-34)35-6)16-25(39-27)11-10-23-17-28(37-8)31-30(32(23)38-9)33(4,5)12-13-36(31)7/h10-11,14-18H,12-13H2,1-5,7-9H3/b11-10+,26-24+. The van der Waals surface area contributed by atoms with Gasteiger partial charge in [-0.1, -0.05) is 31.5 Å². The molecule has 2 aromatic rings. The quantitative estimate of drug-likeness (QED) is 0.303. The molecular weight excluding hydrogens is 486 g/mol. The van der Waals surface area contributed by atoms with E-state index in [1.807, 2.05) is 38.1 Å². The summed E-state index contributed by atoms with van der Waals surface area (Å²) in [5.41, 5.74) is 7.71. The van der Waals surface area contributed by atoms with Crippen LogP contribution in [0, 0.1) is 38.7 Å². The summed E-state index contributed by atoms with van der Waals surface area (Å²) in [6.07, 6.45) is 8.29. The highest BCUT2D eigenvalue weighted by atomic mass is 16.5. The van der Waals surface area contributed by atoms with Gasteiger partial charge in [0.15, 0.2) is 0 Å². The Morgan fingerprint density at radius 1 is 1.10 bits per heavy atom. The molecule has 6 heteroatoms. The maximum absolute atomic E-state index is 9.61. The van der Waals surface area contributed by atoms with Gasteiger partial charge in [-0.15, -0.1) is 0 Å². The number of fused-ring (bicyclic) bond motifs is 1. The minimum absolute atomic E-state index is 0.0157. The van der Waals surface area contributed by atoms with Crippen LogP contribution >= 0.6 is 0 Å². The van der Waals surface area contributed by atoms with E-state index in [0.29, 0.717) is 17.1 Å². The number of benzene rings is 2. The zero-order valence-corrected chi connectivity index (χ0v) is 24.0. The zero-order chi connectivity index (χ0) is 28.5. The van der Waals surface area contributed by atoms with E-state index in [1.54, 1.807) is 26.4 Å². The SMILES string of the molecule is [C-]#[N+]/C(C#N)=C1C=C(/C=C/c2cc(OC)c3c(c2OC)C(C)(C)CCN3C)OC(c2c(C)cc(C)cc2C)=C\1. The number of anilines is 1. The first-order valence-electron chi connectivity index (χ1n) is 12.9. The van der Waals surface area contributed by atoms with Crippen LogP contribution in [0.5, 0.6) is 11.5 Å². The summed E-state index contributed by atoms with van der Waals surface area (Å²) < 4.78 is 18.2. The van der Waals surface area contributed by atoms with Crippen molar-refractivity contribution in [3.63, 3.8) is 0 Å². The molecule has 0 aliphatic carbocycles. The third-order valence-electron chi connectivity index (χ3n) is 7.45. The van der Waals surface area contributed by atoms with Crippen LogP contribution in [0.3, 0.4) is 0 Å². The fourth-order valence-electron chi connectivity index (χ4n) is 5.60. The predicted octanol–water partition coefficient (Wildman–Crippen LogP) is 7.41. The molecule has 0 atom stereocenters. The summed E-state index contributed by atoms with van der Waals surface area (Å²) in [5, 5.41) is 9.61. The van der Waals surface area contributed by atoms with Gasteiger partial charge in [0.05, 0.1) is 32.5 Å². The molecule has 4 rings (SSSR count). The number of hydrogen-bond donors (Lipinski definition) is 0. The molecule has 39 heavy (non-hydrogen) atoms. The number of ether oxygens (including phenoxy) is 3. The minimum atomic E-state index is -0.103. The molecule has 0 aromatic heterocycles. The lowest BCUT2D eigenvalue weighted by Gasteiger charge is -2.40. The van der Waals surface area contributed by atoms with E-state index in [4.69, 9.17) is 20.8 Å². The van der Waals surface area contributed by atoms with Crippen molar-refractivity contribution in [2.45, 2.75) is 46.5 Å². The number of allylic oxidation sites excluding steroid dienone is 5. The van der Waals surface area contributed by atoms with E-state index < -0.39 is 0 Å². The molecule has 0 fully saturated rings. The lowest BCUT2D eigenvalue weighted by Crippen LogP contribution is -2.35. The molecule has 6 nitrogen and oxygen atoms in total. The van der Waals surface area contributed by atoms with Crippen LogP contribution in [0.2, 0.25) is 0 Å². The third kappa shape index (κ3) is 5.16. The molecule has 0 amide bonds. The summed E-state index contributed by atoms with van der Waals surface area (Å²) in [7, 11) is 5.46. The number of nitrogens with zero attached hydrogens (tertiary/aromatic N) is 3. The van der Waals surface area contributed by atoms with Crippen LogP contribution in [0.1, 0.15) is 53.6 Å². The van der Waals surface area contributed by atoms with Crippen molar-refractivity contribution in [1.29, 1.82) is 5.26 Å². The van der Waals surface area contributed by atoms with Gasteiger partial charge >= 0.3 is 0 Å². The van der Waals surface area contributed by atoms with E-state index in [1.165, 1.54) is 0 Å². The first-order chi connectivity index (χ1) is 18.5. The van der Waals surface area contributed by atoms with Gasteiger partial charge in [0, 0.05) is 30.3 Å². The summed E-state index contributed by atoms with van der Waals surface area (Å²) in [4.78, 5) is 5.67. The van der Waals surface area contributed by atoms with Gasteiger partial charge in [-0.25, -0.2) is 10.1 Å². The normalized spacial score (nSPS) is 17.3. The van der Waals surface area contributed by atoms with Gasteiger partial charge in [-0.3, -0.25) is 0 Å². The first kappa shape index (κ1) is 27.6. The maximum atomic E-state index is 9.61. The smallest absolute Gasteiger partial charge is 0.269 e. The average Bonchev–Trinajstić information content (AvgIpc) is 2.89. The summed E-state index contributed by atoms with van der Waals surface area (Å²) in [6, 6.07) is 8.21. The van der Waals surface area contributed by atoms with Crippen LogP contribution in [0.4, 0.5) is 5.69 Å². The summed E-state index contributed by atoms with van der Waals surface area (Å²) in [5.74, 6) is 2.71. The molecule has 0 unspecified atom stereocenters. The van der Waals surface area contributed by atoms with Gasteiger partial charge in [-0.2, -0.15) is 0 Å². The number of hydrogen-bond acceptors (Lipinski definition) is 5. The summed E-state index contributed by atoms with van der Waals surface area (Å²) >= 11 is 0. The summed E-state index contributed by atoms with van der Waals surface area (Å²) in [6.45, 7) is 19.1. The molecule has 2 heterocycles. The van der Waals surface area contributed by atoms with E-state index in [2.05, 4.69) is 49.7 Å². The fourth-order valence-corrected chi connectivity index (χ4v) is 5.60. The minimum Gasteiger partial charge on any atom is -0.496 e. The van der Waals surface area contributed by atoms with Crippen molar-refractivity contribution < 1.29 is 14.2 Å². The Labute approximate surface area is 231 Å². The second-order valence-electron chi connectivity index (χ2n) is 10.8. The molecule has 200 valence electrons. The Bertz CT molecular complexity index is 1500. The van der Waals surface area contributed by atoms with Crippen LogP contribution in [0.15, 0.2) is 53.5 Å². The van der Waals surface area contributed by atoms with Gasteiger partial charge in [0.25, 0.3) is 5.70 Å². The molecule has 2 aliphatic heterocycles. The highest BCUT2D eigenvalue weighted by molar-refractivity contribution is 5.79. The second-order valence-corrected chi connectivity index (χ2v) is 10.8. The average molecular weight is 522 g/mol. The molecule has 0 saturated carbocycles. The number of rotatable bonds is 5. The van der Waals surface area contributed by atoms with Crippen LogP contribution in [0.25, 0.3) is 16.7 Å². The highest BCUT2D eigenvalue weighted by Crippen LogP contribution is 2.51. The van der Waals surface area contributed by atoms with Gasteiger partial charge in [0.2, 0.25) is 0 Å². The lowest BCUT2D eigenvalue weighted by atomic mass is 9.76. The molecule has 0 saturated heterocycles. The fraction of sp³-hybridized carbons (Fsp3) is 0.333. The van der Waals surface area contributed by atoms with Crippen molar-refractivity contribution in [3.05, 3.63) is 98.3 Å². The van der Waals surface area contributed by atoms with Crippen LogP contribution in [-0.2, 0) is 10.2 Å². The molecule has 0 N–H and O–H groups in total. The Morgan fingerprint density at radius 3 is 2.38 bits per heavy atom. The van der Waals surface area contributed by atoms with Gasteiger partial charge in [0.1, 0.15) is 23.0 Å². The Morgan fingerprint density at radius 2 is 1.79 bits per heavy atom. The third-order valence-corrected chi connectivity index (χ3v) is 7.45. The largest absolute Gasteiger partial charge is 0.496 e. The lowest BCUT2D eigenvalue weighted by molar-refractivity contribution is 0.368. The molecule has 0 radical (unpaired) electrons. The van der Waals surface area contributed by atoms with Gasteiger partial charge in [-0.05, 0) is 79.7 Å². The van der Waals surface area contributed by atoms with Crippen molar-refractivity contribution in [2.75, 3.05) is 32.7 Å². The molecular formula is C33H35N3O3. The molecule has 0 spiro atoms. The number of nitriles is 1. The molecule has 2 aromatic carbocycles. The van der Waals surface area contributed by atoms with E-state index in [-0.39, 0.29) is 11.1 Å². The van der Waals surface area contributed by atoms with Gasteiger partial charge < -0.3 is 19.1 Å². The van der Waals surface area contributed by atoms with E-state index in [0.717, 1.165) is 63.5 Å². The highest BCUT2D eigenvalue weighted by Gasteiger charge is 2.36. The number of aryl methyl sites for hydroxylation is 3. The Kier molecular flexibility index (Phi) is 7.61. The topological polar surface area (TPSA) is 59.1 Å². The van der Waals surface area contributed by atoms with E-state index in [9.17, 15) is 5.26 Å². The number of methoxy groups -OCH3 is 2. The Balaban J connectivity index is 1.85. The first-order valence-corrected chi connectivity index (χ1v) is 12.9. The van der Waals surface area contributed by atoms with E-state index >= 15 is 0 Å². The van der Waals surface area contributed by atoms with Crippen LogP contribution < -0.4 is 14.4 Å². The van der Waals surface area contributed by atoms with Crippen molar-refractivity contribution in [2.24, 2.45) is 0 Å². The van der Waals surface area contributed by atoms with Crippen molar-refractivity contribution in [3.8, 4) is 17.6 Å². The second kappa shape index (κ2) is 10.8. The maximum Gasteiger partial charge on any atom is 0.269 e. The van der Waals surface area contributed by atoms with Crippen LogP contribution in [-0.4, -0.2) is 27.8 Å². The monoisotopic (exact) mass is 521 g/mol. The Hall–Kier alpha value is -4.42. The molecule has 0 bridgehead atoms. The van der Waals surface area contributed by atoms with Crippen molar-refractivity contribution >= 4 is 17.5 Å². The predicted molar refractivity (Wildman–Crippen MR) is 157 cm³/mol. The molecule has 2 aliphatic rings. The zero-order valence-electron chi connectivity index (χ0n) is 24.0.